The first-order chi connectivity index (χ1) is 21.9. The van der Waals surface area contributed by atoms with Gasteiger partial charge < -0.3 is 24.3 Å². The van der Waals surface area contributed by atoms with E-state index in [-0.39, 0.29) is 42.2 Å². The maximum atomic E-state index is 14.3. The molecule has 1 aromatic heterocycles. The number of benzene rings is 3. The summed E-state index contributed by atoms with van der Waals surface area (Å²) in [6.07, 6.45) is 1.01. The molecule has 0 radical (unpaired) electrons. The molecular weight excluding hydrogens is 581 g/mol. The zero-order valence-electron chi connectivity index (χ0n) is 27.5. The molecule has 0 unspecified atom stereocenters. The second-order valence-corrected chi connectivity index (χ2v) is 12.9. The zero-order chi connectivity index (χ0) is 33.0. The van der Waals surface area contributed by atoms with Crippen molar-refractivity contribution >= 4 is 17.5 Å². The highest BCUT2D eigenvalue weighted by molar-refractivity contribution is 6.12. The van der Waals surface area contributed by atoms with Crippen LogP contribution in [0.15, 0.2) is 84.9 Å². The first kappa shape index (κ1) is 33.1. The van der Waals surface area contributed by atoms with Crippen molar-refractivity contribution in [1.29, 1.82) is 0 Å². The van der Waals surface area contributed by atoms with Gasteiger partial charge in [0.25, 0.3) is 5.91 Å². The van der Waals surface area contributed by atoms with Crippen molar-refractivity contribution in [3.63, 3.8) is 0 Å². The van der Waals surface area contributed by atoms with Gasteiger partial charge >= 0.3 is 0 Å². The van der Waals surface area contributed by atoms with Crippen molar-refractivity contribution in [3.8, 4) is 22.4 Å². The third-order valence-corrected chi connectivity index (χ3v) is 8.29. The van der Waals surface area contributed by atoms with Gasteiger partial charge in [-0.3, -0.25) is 9.59 Å². The summed E-state index contributed by atoms with van der Waals surface area (Å²) in [5.74, 6) is -1.40. The summed E-state index contributed by atoms with van der Waals surface area (Å²) < 4.78 is 29.0. The third-order valence-electron chi connectivity index (χ3n) is 8.29. The molecule has 1 fully saturated rings. The molecule has 242 valence electrons. The summed E-state index contributed by atoms with van der Waals surface area (Å²) in [4.78, 5) is 28.5. The Morgan fingerprint density at radius 3 is 2.13 bits per heavy atom. The Labute approximate surface area is 271 Å². The van der Waals surface area contributed by atoms with Crippen LogP contribution in [0.3, 0.4) is 0 Å². The Morgan fingerprint density at radius 1 is 0.913 bits per heavy atom. The molecule has 2 atom stereocenters. The van der Waals surface area contributed by atoms with Crippen LogP contribution in [0.4, 0.5) is 10.1 Å². The smallest absolute Gasteiger partial charge is 0.258 e. The van der Waals surface area contributed by atoms with Gasteiger partial charge in [0.1, 0.15) is 5.82 Å². The summed E-state index contributed by atoms with van der Waals surface area (Å²) in [5.41, 5.74) is 5.53. The van der Waals surface area contributed by atoms with E-state index in [4.69, 9.17) is 9.47 Å². The molecule has 1 saturated heterocycles. The molecule has 8 heteroatoms. The average molecular weight is 626 g/mol. The number of aromatic nitrogens is 1. The fourth-order valence-corrected chi connectivity index (χ4v) is 6.38. The molecule has 1 aliphatic heterocycles. The predicted octanol–water partition coefficient (Wildman–Crippen LogP) is 8.12. The lowest BCUT2D eigenvalue weighted by Gasteiger charge is -2.41. The van der Waals surface area contributed by atoms with Crippen LogP contribution in [-0.2, 0) is 20.8 Å². The van der Waals surface area contributed by atoms with Crippen LogP contribution in [0.2, 0.25) is 0 Å². The highest BCUT2D eigenvalue weighted by Crippen LogP contribution is 2.43. The normalized spacial score (nSPS) is 17.6. The molecule has 1 N–H and O–H groups in total. The molecule has 5 rings (SSSR count). The minimum atomic E-state index is -0.854. The first-order valence-electron chi connectivity index (χ1n) is 15.9. The minimum absolute atomic E-state index is 0.00845. The lowest BCUT2D eigenvalue weighted by molar-refractivity contribution is -0.300. The van der Waals surface area contributed by atoms with Crippen molar-refractivity contribution in [3.05, 3.63) is 102 Å². The number of hydrogen-bond acceptors (Lipinski definition) is 4. The van der Waals surface area contributed by atoms with E-state index < -0.39 is 5.79 Å². The number of ether oxygens (including phenoxy) is 2. The number of hydrogen-bond donors (Lipinski definition) is 1. The van der Waals surface area contributed by atoms with Crippen LogP contribution in [0.1, 0.15) is 68.9 Å². The highest BCUT2D eigenvalue weighted by atomic mass is 19.1. The Balaban J connectivity index is 1.63. The first-order valence-corrected chi connectivity index (χ1v) is 15.9. The van der Waals surface area contributed by atoms with E-state index in [1.54, 1.807) is 31.1 Å². The van der Waals surface area contributed by atoms with Gasteiger partial charge in [0.2, 0.25) is 5.91 Å². The number of nitrogens with one attached hydrogen (secondary N) is 1. The topological polar surface area (TPSA) is 72.8 Å². The number of carbonyl (C=O) groups is 2. The summed E-state index contributed by atoms with van der Waals surface area (Å²) in [5, 5.41) is 3.12. The van der Waals surface area contributed by atoms with Gasteiger partial charge in [0, 0.05) is 44.0 Å². The fourth-order valence-electron chi connectivity index (χ4n) is 6.38. The number of anilines is 1. The molecule has 2 amide bonds. The molecule has 0 spiro atoms. The summed E-state index contributed by atoms with van der Waals surface area (Å²) in [7, 11) is 3.49. The fraction of sp³-hybridized carbons (Fsp3) is 0.368. The maximum absolute atomic E-state index is 14.3. The second kappa shape index (κ2) is 14.0. The zero-order valence-corrected chi connectivity index (χ0v) is 27.5. The van der Waals surface area contributed by atoms with E-state index >= 15 is 0 Å². The average Bonchev–Trinajstić information content (AvgIpc) is 3.36. The van der Waals surface area contributed by atoms with Gasteiger partial charge in [-0.25, -0.2) is 4.39 Å². The standard InChI is InChI=1S/C38H44FN3O4/c1-25(2)35-34(37(44)40-29-15-11-8-12-16-29)33(26-13-9-7-10-14-26)36(27-17-19-28(39)20-18-27)42(35)22-21-30-23-31(24-32(43)41(5)6)46-38(3,4)45-30/h7-20,25,30-31H,21-24H2,1-6H3,(H,40,44)/t30-,31-/m1/s1. The van der Waals surface area contributed by atoms with E-state index in [0.29, 0.717) is 30.6 Å². The minimum Gasteiger partial charge on any atom is -0.349 e. The van der Waals surface area contributed by atoms with Gasteiger partial charge in [-0.05, 0) is 73.7 Å². The number of para-hydroxylation sites is 1. The van der Waals surface area contributed by atoms with Crippen LogP contribution < -0.4 is 5.32 Å². The van der Waals surface area contributed by atoms with Gasteiger partial charge in [0.05, 0.1) is 29.9 Å². The van der Waals surface area contributed by atoms with E-state index in [1.807, 2.05) is 74.5 Å². The Kier molecular flexibility index (Phi) is 10.1. The van der Waals surface area contributed by atoms with Gasteiger partial charge in [-0.1, -0.05) is 62.4 Å². The molecule has 4 aromatic rings. The monoisotopic (exact) mass is 625 g/mol. The third kappa shape index (κ3) is 7.57. The van der Waals surface area contributed by atoms with E-state index in [1.165, 1.54) is 12.1 Å². The second-order valence-electron chi connectivity index (χ2n) is 12.9. The van der Waals surface area contributed by atoms with Crippen molar-refractivity contribution in [2.24, 2.45) is 0 Å². The van der Waals surface area contributed by atoms with E-state index in [0.717, 1.165) is 28.1 Å². The molecule has 0 bridgehead atoms. The van der Waals surface area contributed by atoms with E-state index in [9.17, 15) is 14.0 Å². The molecule has 0 aliphatic carbocycles. The molecule has 3 aromatic carbocycles. The SMILES string of the molecule is CC(C)c1c(C(=O)Nc2ccccc2)c(-c2ccccc2)c(-c2ccc(F)cc2)n1CC[C@@H]1C[C@H](CC(=O)N(C)C)OC(C)(C)O1. The van der Waals surface area contributed by atoms with Crippen LogP contribution >= 0.6 is 0 Å². The van der Waals surface area contributed by atoms with Gasteiger partial charge in [-0.2, -0.15) is 0 Å². The van der Waals surface area contributed by atoms with Crippen molar-refractivity contribution in [2.75, 3.05) is 19.4 Å². The molecular formula is C38H44FN3O4. The van der Waals surface area contributed by atoms with Crippen LogP contribution in [0.5, 0.6) is 0 Å². The molecule has 0 saturated carbocycles. The number of nitrogens with zero attached hydrogens (tertiary/aromatic N) is 2. The summed E-state index contributed by atoms with van der Waals surface area (Å²) in [6.45, 7) is 8.47. The Hall–Kier alpha value is -4.27. The predicted molar refractivity (Wildman–Crippen MR) is 180 cm³/mol. The summed E-state index contributed by atoms with van der Waals surface area (Å²) >= 11 is 0. The van der Waals surface area contributed by atoms with Gasteiger partial charge in [0.15, 0.2) is 5.79 Å². The number of halogens is 1. The lowest BCUT2D eigenvalue weighted by Crippen LogP contribution is -2.46. The highest BCUT2D eigenvalue weighted by Gasteiger charge is 2.37. The van der Waals surface area contributed by atoms with E-state index in [2.05, 4.69) is 23.7 Å². The van der Waals surface area contributed by atoms with Crippen molar-refractivity contribution in [1.82, 2.24) is 9.47 Å². The van der Waals surface area contributed by atoms with Crippen molar-refractivity contribution < 1.29 is 23.5 Å². The largest absolute Gasteiger partial charge is 0.349 e. The number of carbonyl (C=O) groups excluding carboxylic acids is 2. The van der Waals surface area contributed by atoms with Crippen LogP contribution in [-0.4, -0.2) is 53.4 Å². The molecule has 7 nitrogen and oxygen atoms in total. The van der Waals surface area contributed by atoms with Crippen LogP contribution in [0, 0.1) is 5.82 Å². The lowest BCUT2D eigenvalue weighted by atomic mass is 9.94. The van der Waals surface area contributed by atoms with Crippen LogP contribution in [0.25, 0.3) is 22.4 Å². The maximum Gasteiger partial charge on any atom is 0.258 e. The summed E-state index contributed by atoms with van der Waals surface area (Å²) in [6, 6.07) is 25.8. The van der Waals surface area contributed by atoms with Crippen molar-refractivity contribution in [2.45, 2.75) is 77.4 Å². The molecule has 2 heterocycles. The molecule has 1 aliphatic rings. The quantitative estimate of drug-likeness (QED) is 0.193. The number of rotatable bonds is 10. The Morgan fingerprint density at radius 2 is 1.52 bits per heavy atom. The Bertz CT molecular complexity index is 1650. The van der Waals surface area contributed by atoms with Gasteiger partial charge in [-0.15, -0.1) is 0 Å². The molecule has 46 heavy (non-hydrogen) atoms. The number of amides is 2.